The molecular weight excluding hydrogens is 544 g/mol. The van der Waals surface area contributed by atoms with Crippen molar-refractivity contribution in [1.29, 1.82) is 0 Å². The molecule has 2 fully saturated rings. The van der Waals surface area contributed by atoms with Gasteiger partial charge in [0.05, 0.1) is 43.7 Å². The van der Waals surface area contributed by atoms with Crippen LogP contribution in [0.25, 0.3) is 0 Å². The van der Waals surface area contributed by atoms with Gasteiger partial charge in [-0.25, -0.2) is 13.0 Å². The van der Waals surface area contributed by atoms with Crippen LogP contribution in [-0.4, -0.2) is 60.7 Å². The highest BCUT2D eigenvalue weighted by Gasteiger charge is 2.48. The number of alkyl halides is 3. The number of nitro benzene ring substituents is 1. The number of nitrogens with zero attached hydrogens (tertiary/aromatic N) is 2. The Morgan fingerprint density at radius 1 is 1.16 bits per heavy atom. The predicted octanol–water partition coefficient (Wildman–Crippen LogP) is 4.22. The van der Waals surface area contributed by atoms with Crippen LogP contribution in [-0.2, 0) is 30.3 Å². The van der Waals surface area contributed by atoms with E-state index in [4.69, 9.17) is 26.5 Å². The molecule has 2 heterocycles. The number of hydrogen-bond donors (Lipinski definition) is 0. The molecule has 0 saturated carbocycles. The third kappa shape index (κ3) is 7.97. The summed E-state index contributed by atoms with van der Waals surface area (Å²) in [4.78, 5) is 10.2. The first-order valence-electron chi connectivity index (χ1n) is 10.9. The Kier molecular flexibility index (Phi) is 8.67. The third-order valence-corrected chi connectivity index (χ3v) is 7.82. The van der Waals surface area contributed by atoms with Gasteiger partial charge >= 0.3 is 13.3 Å². The molecule has 2 aliphatic heterocycles. The highest BCUT2D eigenvalue weighted by molar-refractivity contribution is 7.86. The van der Waals surface area contributed by atoms with Crippen molar-refractivity contribution in [3.05, 3.63) is 70.3 Å². The van der Waals surface area contributed by atoms with E-state index < -0.39 is 28.4 Å². The minimum atomic E-state index is -6.09. The van der Waals surface area contributed by atoms with Gasteiger partial charge in [0.2, 0.25) is 0 Å². The molecule has 2 aromatic carbocycles. The maximum Gasteiger partial charge on any atom is 0.530 e. The van der Waals surface area contributed by atoms with E-state index in [9.17, 15) is 27.9 Å². The number of non-ortho nitro benzene ring substituents is 1. The Morgan fingerprint density at radius 2 is 1.76 bits per heavy atom. The highest BCUT2D eigenvalue weighted by atomic mass is 32.2. The number of halogens is 3. The normalized spacial score (nSPS) is 27.8. The molecule has 0 amide bonds. The molecule has 2 saturated heterocycles. The number of phosphoric acid groups is 1. The molecular formula is C21H24F3N2O9PS. The highest BCUT2D eigenvalue weighted by Crippen LogP contribution is 2.56. The maximum atomic E-state index is 12.9. The first-order valence-corrected chi connectivity index (χ1v) is 13.7. The van der Waals surface area contributed by atoms with Crippen molar-refractivity contribution in [2.24, 2.45) is 5.92 Å². The van der Waals surface area contributed by atoms with Crippen LogP contribution >= 0.6 is 7.82 Å². The van der Waals surface area contributed by atoms with E-state index in [1.807, 2.05) is 18.2 Å². The van der Waals surface area contributed by atoms with Crippen LogP contribution in [0, 0.1) is 16.0 Å². The molecule has 16 heteroatoms. The summed E-state index contributed by atoms with van der Waals surface area (Å²) in [6.45, 7) is 3.02. The van der Waals surface area contributed by atoms with Crippen LogP contribution in [0.5, 0.6) is 5.75 Å². The molecule has 0 radical (unpaired) electrons. The van der Waals surface area contributed by atoms with Crippen molar-refractivity contribution in [3.63, 3.8) is 0 Å². The number of quaternary nitrogens is 1. The maximum absolute atomic E-state index is 12.9. The van der Waals surface area contributed by atoms with Crippen molar-refractivity contribution >= 4 is 23.6 Å². The van der Waals surface area contributed by atoms with Gasteiger partial charge in [-0.1, -0.05) is 30.3 Å². The fourth-order valence-corrected chi connectivity index (χ4v) is 5.62. The number of nitro groups is 1. The predicted molar refractivity (Wildman–Crippen MR) is 122 cm³/mol. The van der Waals surface area contributed by atoms with Gasteiger partial charge in [0, 0.05) is 24.1 Å². The summed E-state index contributed by atoms with van der Waals surface area (Å²) < 4.78 is 89.5. The molecule has 2 unspecified atom stereocenters. The molecule has 37 heavy (non-hydrogen) atoms. The topological polar surface area (TPSA) is 145 Å². The van der Waals surface area contributed by atoms with Gasteiger partial charge in [-0.15, -0.1) is 0 Å². The number of piperidine rings is 1. The Morgan fingerprint density at radius 3 is 2.30 bits per heavy atom. The summed E-state index contributed by atoms with van der Waals surface area (Å²) in [7, 11) is -7.61. The largest absolute Gasteiger partial charge is 0.741 e. The second-order valence-electron chi connectivity index (χ2n) is 8.85. The number of phosphoric ester groups is 1. The lowest BCUT2D eigenvalue weighted by Gasteiger charge is -2.46. The third-order valence-electron chi connectivity index (χ3n) is 5.82. The van der Waals surface area contributed by atoms with Gasteiger partial charge in [-0.05, 0) is 12.1 Å². The van der Waals surface area contributed by atoms with Crippen molar-refractivity contribution in [2.45, 2.75) is 24.6 Å². The standard InChI is InChI=1S/C20H24N2O6P.CHF3O3S/c1-22(13-16-5-3-2-4-6-16)12-11-20-17(14-22)15-26-29(25,28-20)27-19-9-7-18(8-10-19)21(23)24;2-1(3,4)8(5,6)7/h2-10,17,20H,11-15H2,1H3;(H,5,6,7)/q+1;/p-1/t17-,20-,22?,29?;/m0./s1. The van der Waals surface area contributed by atoms with E-state index in [1.54, 1.807) is 0 Å². The monoisotopic (exact) mass is 568 g/mol. The smallest absolute Gasteiger partial charge is 0.530 e. The minimum absolute atomic E-state index is 0.0658. The van der Waals surface area contributed by atoms with Gasteiger partial charge in [-0.3, -0.25) is 19.2 Å². The van der Waals surface area contributed by atoms with Crippen LogP contribution in [0.1, 0.15) is 12.0 Å². The van der Waals surface area contributed by atoms with Crippen molar-refractivity contribution < 1.29 is 53.7 Å². The molecule has 2 aliphatic rings. The number of likely N-dealkylation sites (tertiary alicyclic amines) is 1. The molecule has 0 N–H and O–H groups in total. The Labute approximate surface area is 210 Å². The fourth-order valence-electron chi connectivity index (χ4n) is 4.11. The minimum Gasteiger partial charge on any atom is -0.741 e. The summed E-state index contributed by atoms with van der Waals surface area (Å²) in [5.74, 6) is 0.359. The lowest BCUT2D eigenvalue weighted by atomic mass is 9.93. The fraction of sp³-hybridized carbons (Fsp3) is 0.429. The van der Waals surface area contributed by atoms with Crippen LogP contribution in [0.2, 0.25) is 0 Å². The van der Waals surface area contributed by atoms with Crippen LogP contribution in [0.3, 0.4) is 0 Å². The Bertz CT molecular complexity index is 1250. The molecule has 0 bridgehead atoms. The van der Waals surface area contributed by atoms with Gasteiger partial charge < -0.3 is 13.6 Å². The number of benzene rings is 2. The number of hydrogen-bond acceptors (Lipinski definition) is 9. The van der Waals surface area contributed by atoms with Crippen LogP contribution in [0.4, 0.5) is 18.9 Å². The first kappa shape index (κ1) is 29.0. The van der Waals surface area contributed by atoms with Crippen molar-refractivity contribution in [2.75, 3.05) is 26.7 Å². The molecule has 0 aromatic heterocycles. The molecule has 4 atom stereocenters. The zero-order valence-electron chi connectivity index (χ0n) is 19.4. The molecule has 0 aliphatic carbocycles. The van der Waals surface area contributed by atoms with Gasteiger partial charge in [0.25, 0.3) is 5.69 Å². The van der Waals surface area contributed by atoms with E-state index in [1.165, 1.54) is 29.8 Å². The van der Waals surface area contributed by atoms with E-state index in [0.29, 0.717) is 6.61 Å². The zero-order valence-corrected chi connectivity index (χ0v) is 21.2. The first-order chi connectivity index (χ1) is 17.1. The van der Waals surface area contributed by atoms with Gasteiger partial charge in [-0.2, -0.15) is 13.2 Å². The quantitative estimate of drug-likeness (QED) is 0.129. The molecule has 2 aromatic rings. The summed E-state index contributed by atoms with van der Waals surface area (Å²) in [6, 6.07) is 15.8. The molecule has 11 nitrogen and oxygen atoms in total. The summed E-state index contributed by atoms with van der Waals surface area (Å²) in [5, 5.41) is 10.7. The van der Waals surface area contributed by atoms with Crippen molar-refractivity contribution in [3.8, 4) is 5.75 Å². The van der Waals surface area contributed by atoms with E-state index in [2.05, 4.69) is 19.2 Å². The number of rotatable bonds is 5. The van der Waals surface area contributed by atoms with Crippen LogP contribution in [0.15, 0.2) is 54.6 Å². The average molecular weight is 568 g/mol. The summed E-state index contributed by atoms with van der Waals surface area (Å²) in [6.07, 6.45) is 0.583. The lowest BCUT2D eigenvalue weighted by molar-refractivity contribution is -0.931. The molecule has 4 rings (SSSR count). The SMILES string of the molecule is C[N+]1(Cc2ccccc2)CC[C@@H]2OP(=O)(Oc3ccc([N+](=O)[O-])cc3)OC[C@@H]2C1.O=S(=O)([O-])C(F)(F)F. The van der Waals surface area contributed by atoms with Crippen LogP contribution < -0.4 is 4.52 Å². The number of fused-ring (bicyclic) bond motifs is 1. The lowest BCUT2D eigenvalue weighted by Crippen LogP contribution is -2.57. The molecule has 0 spiro atoms. The molecule has 204 valence electrons. The van der Waals surface area contributed by atoms with E-state index in [0.717, 1.165) is 30.5 Å². The zero-order chi connectivity index (χ0) is 27.5. The Balaban J connectivity index is 0.000000414. The Hall–Kier alpha value is -2.55. The van der Waals surface area contributed by atoms with E-state index >= 15 is 0 Å². The average Bonchev–Trinajstić information content (AvgIpc) is 2.79. The van der Waals surface area contributed by atoms with E-state index in [-0.39, 0.29) is 23.5 Å². The summed E-state index contributed by atoms with van der Waals surface area (Å²) in [5.41, 5.74) is -4.42. The second kappa shape index (κ2) is 11.1. The summed E-state index contributed by atoms with van der Waals surface area (Å²) >= 11 is 0. The van der Waals surface area contributed by atoms with Gasteiger partial charge in [0.1, 0.15) is 12.3 Å². The van der Waals surface area contributed by atoms with Gasteiger partial charge in [0.15, 0.2) is 10.1 Å². The second-order valence-corrected chi connectivity index (χ2v) is 11.8. The van der Waals surface area contributed by atoms with Crippen molar-refractivity contribution in [1.82, 2.24) is 0 Å².